The third-order valence-corrected chi connectivity index (χ3v) is 5.13. The quantitative estimate of drug-likeness (QED) is 0.485. The Hall–Kier alpha value is -3.53. The minimum atomic E-state index is -0.276. The molecule has 4 nitrogen and oxygen atoms in total. The first-order valence-electron chi connectivity index (χ1n) is 9.61. The molecule has 0 saturated heterocycles. The van der Waals surface area contributed by atoms with Gasteiger partial charge in [-0.3, -0.25) is 9.59 Å². The second kappa shape index (κ2) is 7.47. The van der Waals surface area contributed by atoms with Crippen LogP contribution in [0.25, 0.3) is 11.0 Å². The van der Waals surface area contributed by atoms with Gasteiger partial charge >= 0.3 is 0 Å². The molecule has 4 aromatic rings. The monoisotopic (exact) mass is 382 g/mol. The van der Waals surface area contributed by atoms with E-state index >= 15 is 0 Å². The standard InChI is InChI=1S/C25H22N2O2/c1-16-9-11-20(17(2)13-16)23(28)22-15-27(14-19-7-5-4-6-8-19)25-21(24(22)29)12-10-18(3)26-25/h4-13,15H,14H2,1-3H3. The molecule has 0 fully saturated rings. The van der Waals surface area contributed by atoms with E-state index in [1.807, 2.05) is 73.9 Å². The van der Waals surface area contributed by atoms with Gasteiger partial charge in [0.1, 0.15) is 5.65 Å². The summed E-state index contributed by atoms with van der Waals surface area (Å²) in [6.45, 7) is 6.31. The average molecular weight is 382 g/mol. The van der Waals surface area contributed by atoms with Crippen molar-refractivity contribution in [1.29, 1.82) is 0 Å². The van der Waals surface area contributed by atoms with Crippen molar-refractivity contribution >= 4 is 16.8 Å². The number of hydrogen-bond donors (Lipinski definition) is 0. The van der Waals surface area contributed by atoms with Crippen LogP contribution in [0.5, 0.6) is 0 Å². The number of carbonyl (C=O) groups excluding carboxylic acids is 1. The van der Waals surface area contributed by atoms with Crippen LogP contribution in [0.4, 0.5) is 0 Å². The maximum absolute atomic E-state index is 13.3. The number of ketones is 1. The van der Waals surface area contributed by atoms with Gasteiger partial charge in [0.15, 0.2) is 5.78 Å². The summed E-state index contributed by atoms with van der Waals surface area (Å²) in [6, 6.07) is 19.2. The van der Waals surface area contributed by atoms with Crippen molar-refractivity contribution in [2.75, 3.05) is 0 Å². The Balaban J connectivity index is 1.93. The molecule has 0 amide bonds. The van der Waals surface area contributed by atoms with Gasteiger partial charge in [0.25, 0.3) is 0 Å². The number of pyridine rings is 2. The number of aryl methyl sites for hydroxylation is 3. The molecule has 0 atom stereocenters. The third-order valence-electron chi connectivity index (χ3n) is 5.13. The zero-order chi connectivity index (χ0) is 20.5. The van der Waals surface area contributed by atoms with Gasteiger partial charge in [-0.2, -0.15) is 0 Å². The number of hydrogen-bond acceptors (Lipinski definition) is 3. The van der Waals surface area contributed by atoms with Gasteiger partial charge in [0.05, 0.1) is 10.9 Å². The predicted molar refractivity (Wildman–Crippen MR) is 116 cm³/mol. The summed E-state index contributed by atoms with van der Waals surface area (Å²) in [7, 11) is 0. The summed E-state index contributed by atoms with van der Waals surface area (Å²) in [5.74, 6) is -0.253. The Morgan fingerprint density at radius 1 is 0.931 bits per heavy atom. The normalized spacial score (nSPS) is 11.0. The number of benzene rings is 2. The summed E-state index contributed by atoms with van der Waals surface area (Å²) >= 11 is 0. The van der Waals surface area contributed by atoms with Crippen LogP contribution >= 0.6 is 0 Å². The SMILES string of the molecule is Cc1ccc(C(=O)c2cn(Cc3ccccc3)c3nc(C)ccc3c2=O)c(C)c1. The Kier molecular flexibility index (Phi) is 4.85. The fraction of sp³-hybridized carbons (Fsp3) is 0.160. The van der Waals surface area contributed by atoms with Crippen LogP contribution in [0, 0.1) is 20.8 Å². The second-order valence-corrected chi connectivity index (χ2v) is 7.46. The topological polar surface area (TPSA) is 52.0 Å². The summed E-state index contributed by atoms with van der Waals surface area (Å²) in [6.07, 6.45) is 1.66. The van der Waals surface area contributed by atoms with Crippen LogP contribution in [0.2, 0.25) is 0 Å². The van der Waals surface area contributed by atoms with Gasteiger partial charge in [0, 0.05) is 24.0 Å². The number of carbonyl (C=O) groups is 1. The highest BCUT2D eigenvalue weighted by molar-refractivity contribution is 6.10. The molecule has 144 valence electrons. The molecular formula is C25H22N2O2. The summed E-state index contributed by atoms with van der Waals surface area (Å²) < 4.78 is 1.90. The smallest absolute Gasteiger partial charge is 0.202 e. The first-order valence-corrected chi connectivity index (χ1v) is 9.61. The Bertz CT molecular complexity index is 1290. The molecule has 2 aromatic heterocycles. The lowest BCUT2D eigenvalue weighted by atomic mass is 9.97. The first-order chi connectivity index (χ1) is 13.9. The highest BCUT2D eigenvalue weighted by Gasteiger charge is 2.19. The molecule has 0 bridgehead atoms. The molecule has 0 aliphatic rings. The van der Waals surface area contributed by atoms with Crippen LogP contribution in [-0.2, 0) is 6.54 Å². The zero-order valence-electron chi connectivity index (χ0n) is 16.8. The van der Waals surface area contributed by atoms with E-state index in [2.05, 4.69) is 4.98 Å². The molecule has 2 aromatic carbocycles. The lowest BCUT2D eigenvalue weighted by Crippen LogP contribution is -2.21. The van der Waals surface area contributed by atoms with Crippen molar-refractivity contribution in [3.05, 3.63) is 111 Å². The molecule has 0 aliphatic carbocycles. The summed E-state index contributed by atoms with van der Waals surface area (Å²) in [5, 5.41) is 0.460. The lowest BCUT2D eigenvalue weighted by molar-refractivity contribution is 0.103. The molecule has 4 rings (SSSR count). The maximum atomic E-state index is 13.3. The van der Waals surface area contributed by atoms with Crippen molar-refractivity contribution in [1.82, 2.24) is 9.55 Å². The van der Waals surface area contributed by atoms with E-state index in [0.717, 1.165) is 22.4 Å². The van der Waals surface area contributed by atoms with Gasteiger partial charge in [0.2, 0.25) is 5.43 Å². The fourth-order valence-corrected chi connectivity index (χ4v) is 3.64. The second-order valence-electron chi connectivity index (χ2n) is 7.46. The highest BCUT2D eigenvalue weighted by Crippen LogP contribution is 2.18. The molecule has 0 spiro atoms. The zero-order valence-corrected chi connectivity index (χ0v) is 16.8. The molecule has 0 aliphatic heterocycles. The number of nitrogens with zero attached hydrogens (tertiary/aromatic N) is 2. The van der Waals surface area contributed by atoms with Gasteiger partial charge in [-0.25, -0.2) is 4.98 Å². The minimum Gasteiger partial charge on any atom is -0.327 e. The Morgan fingerprint density at radius 3 is 2.41 bits per heavy atom. The molecule has 0 saturated carbocycles. The van der Waals surface area contributed by atoms with Gasteiger partial charge in [-0.1, -0.05) is 54.1 Å². The van der Waals surface area contributed by atoms with Crippen LogP contribution in [0.1, 0.15) is 38.3 Å². The number of fused-ring (bicyclic) bond motifs is 1. The largest absolute Gasteiger partial charge is 0.327 e. The van der Waals surface area contributed by atoms with Crippen LogP contribution in [0.3, 0.4) is 0 Å². The van der Waals surface area contributed by atoms with E-state index in [4.69, 9.17) is 0 Å². The van der Waals surface area contributed by atoms with E-state index < -0.39 is 0 Å². The molecule has 2 heterocycles. The highest BCUT2D eigenvalue weighted by atomic mass is 16.1. The van der Waals surface area contributed by atoms with Crippen molar-refractivity contribution < 1.29 is 4.79 Å². The van der Waals surface area contributed by atoms with Gasteiger partial charge < -0.3 is 4.57 Å². The molecule has 29 heavy (non-hydrogen) atoms. The van der Waals surface area contributed by atoms with Crippen molar-refractivity contribution in [3.63, 3.8) is 0 Å². The molecule has 0 N–H and O–H groups in total. The van der Waals surface area contributed by atoms with E-state index in [1.54, 1.807) is 18.3 Å². The number of aromatic nitrogens is 2. The minimum absolute atomic E-state index is 0.172. The van der Waals surface area contributed by atoms with E-state index in [1.165, 1.54) is 0 Å². The van der Waals surface area contributed by atoms with Crippen LogP contribution < -0.4 is 5.43 Å². The molecule has 4 heteroatoms. The van der Waals surface area contributed by atoms with E-state index in [9.17, 15) is 9.59 Å². The van der Waals surface area contributed by atoms with E-state index in [-0.39, 0.29) is 16.8 Å². The third kappa shape index (κ3) is 3.61. The first kappa shape index (κ1) is 18.8. The Labute approximate surface area is 169 Å². The Morgan fingerprint density at radius 2 is 1.69 bits per heavy atom. The van der Waals surface area contributed by atoms with E-state index in [0.29, 0.717) is 23.1 Å². The fourth-order valence-electron chi connectivity index (χ4n) is 3.64. The molecular weight excluding hydrogens is 360 g/mol. The number of rotatable bonds is 4. The van der Waals surface area contributed by atoms with Crippen molar-refractivity contribution in [2.45, 2.75) is 27.3 Å². The summed E-state index contributed by atoms with van der Waals surface area (Å²) in [5.41, 5.74) is 4.89. The van der Waals surface area contributed by atoms with Crippen LogP contribution in [-0.4, -0.2) is 15.3 Å². The average Bonchev–Trinajstić information content (AvgIpc) is 2.70. The maximum Gasteiger partial charge on any atom is 0.202 e. The van der Waals surface area contributed by atoms with Crippen molar-refractivity contribution in [3.8, 4) is 0 Å². The predicted octanol–water partition coefficient (Wildman–Crippen LogP) is 4.60. The molecule has 0 unspecified atom stereocenters. The van der Waals surface area contributed by atoms with Crippen LogP contribution in [0.15, 0.2) is 71.7 Å². The summed E-state index contributed by atoms with van der Waals surface area (Å²) in [4.78, 5) is 31.0. The van der Waals surface area contributed by atoms with Gasteiger partial charge in [-0.05, 0) is 44.0 Å². The lowest BCUT2D eigenvalue weighted by Gasteiger charge is -2.14. The molecule has 0 radical (unpaired) electrons. The van der Waals surface area contributed by atoms with Crippen molar-refractivity contribution in [2.24, 2.45) is 0 Å². The van der Waals surface area contributed by atoms with Gasteiger partial charge in [-0.15, -0.1) is 0 Å².